The molecule has 0 radical (unpaired) electrons. The molecule has 2 heteroatoms. The van der Waals surface area contributed by atoms with Gasteiger partial charge in [-0.2, -0.15) is 0 Å². The molecule has 1 nitrogen and oxygen atoms in total. The molecule has 0 aromatic heterocycles. The minimum atomic E-state index is 0. The van der Waals surface area contributed by atoms with Crippen molar-refractivity contribution in [1.29, 1.82) is 0 Å². The van der Waals surface area contributed by atoms with Crippen molar-refractivity contribution in [2.75, 3.05) is 20.6 Å². The molecular weight excluding hydrogens is 266 g/mol. The van der Waals surface area contributed by atoms with E-state index in [0.717, 1.165) is 23.1 Å². The molecule has 0 bridgehead atoms. The van der Waals surface area contributed by atoms with Crippen LogP contribution in [-0.4, -0.2) is 25.1 Å². The van der Waals surface area contributed by atoms with E-state index in [2.05, 4.69) is 56.3 Å². The molecule has 0 heterocycles. The SMILES string of the molecule is C[N+](C)(CC#Cc1ccccc1)Cc1ccccc1.[Cl-]. The fourth-order valence-corrected chi connectivity index (χ4v) is 2.01. The van der Waals surface area contributed by atoms with Gasteiger partial charge >= 0.3 is 0 Å². The Hall–Kier alpha value is -1.75. The van der Waals surface area contributed by atoms with Crippen LogP contribution in [0.2, 0.25) is 0 Å². The zero-order valence-electron chi connectivity index (χ0n) is 12.0. The molecule has 0 saturated carbocycles. The molecule has 2 rings (SSSR count). The summed E-state index contributed by atoms with van der Waals surface area (Å²) in [4.78, 5) is 0. The second-order valence-corrected chi connectivity index (χ2v) is 5.41. The summed E-state index contributed by atoms with van der Waals surface area (Å²) in [6, 6.07) is 20.7. The number of halogens is 1. The van der Waals surface area contributed by atoms with Gasteiger partial charge in [0.15, 0.2) is 0 Å². The average Bonchev–Trinajstić information content (AvgIpc) is 2.40. The lowest BCUT2D eigenvalue weighted by Gasteiger charge is -2.27. The average molecular weight is 286 g/mol. The van der Waals surface area contributed by atoms with Crippen molar-refractivity contribution in [2.45, 2.75) is 6.54 Å². The Bertz CT molecular complexity index is 565. The lowest BCUT2D eigenvalue weighted by atomic mass is 10.2. The minimum absolute atomic E-state index is 0. The van der Waals surface area contributed by atoms with E-state index in [1.165, 1.54) is 5.56 Å². The van der Waals surface area contributed by atoms with Crippen molar-refractivity contribution in [3.8, 4) is 11.8 Å². The summed E-state index contributed by atoms with van der Waals surface area (Å²) in [6.07, 6.45) is 0. The maximum Gasteiger partial charge on any atom is 0.141 e. The molecule has 104 valence electrons. The zero-order chi connectivity index (χ0) is 13.6. The first kappa shape index (κ1) is 16.3. The van der Waals surface area contributed by atoms with Crippen LogP contribution in [0.5, 0.6) is 0 Å². The van der Waals surface area contributed by atoms with Crippen LogP contribution in [0, 0.1) is 11.8 Å². The number of hydrogen-bond donors (Lipinski definition) is 0. The summed E-state index contributed by atoms with van der Waals surface area (Å²) in [5.41, 5.74) is 2.44. The molecule has 0 atom stereocenters. The molecule has 0 N–H and O–H groups in total. The molecular formula is C18H20ClN. The Morgan fingerprint density at radius 2 is 1.40 bits per heavy atom. The highest BCUT2D eigenvalue weighted by Gasteiger charge is 2.13. The Balaban J connectivity index is 0.00000200. The molecule has 0 aliphatic heterocycles. The summed E-state index contributed by atoms with van der Waals surface area (Å²) in [5.74, 6) is 6.51. The highest BCUT2D eigenvalue weighted by molar-refractivity contribution is 5.33. The third-order valence-corrected chi connectivity index (χ3v) is 2.97. The Morgan fingerprint density at radius 1 is 0.850 bits per heavy atom. The van der Waals surface area contributed by atoms with E-state index in [9.17, 15) is 0 Å². The zero-order valence-corrected chi connectivity index (χ0v) is 12.8. The highest BCUT2D eigenvalue weighted by Crippen LogP contribution is 2.08. The van der Waals surface area contributed by atoms with Crippen LogP contribution in [0.25, 0.3) is 0 Å². The van der Waals surface area contributed by atoms with Crippen molar-refractivity contribution in [3.63, 3.8) is 0 Å². The summed E-state index contributed by atoms with van der Waals surface area (Å²) < 4.78 is 0.879. The molecule has 0 spiro atoms. The number of rotatable bonds is 3. The van der Waals surface area contributed by atoms with Crippen molar-refractivity contribution in [1.82, 2.24) is 0 Å². The summed E-state index contributed by atoms with van der Waals surface area (Å²) in [5, 5.41) is 0. The molecule has 0 aliphatic carbocycles. The van der Waals surface area contributed by atoms with Gasteiger partial charge in [-0.25, -0.2) is 0 Å². The van der Waals surface area contributed by atoms with E-state index in [-0.39, 0.29) is 12.4 Å². The van der Waals surface area contributed by atoms with Gasteiger partial charge in [0.2, 0.25) is 0 Å². The van der Waals surface area contributed by atoms with Crippen LogP contribution in [0.1, 0.15) is 11.1 Å². The molecule has 0 amide bonds. The third-order valence-electron chi connectivity index (χ3n) is 2.97. The van der Waals surface area contributed by atoms with Crippen LogP contribution in [0.15, 0.2) is 60.7 Å². The fourth-order valence-electron chi connectivity index (χ4n) is 2.01. The van der Waals surface area contributed by atoms with Crippen LogP contribution in [-0.2, 0) is 6.54 Å². The van der Waals surface area contributed by atoms with Gasteiger partial charge in [0.25, 0.3) is 0 Å². The standard InChI is InChI=1S/C18H20N.ClH/c1-19(2,16-18-12-7-4-8-13-18)15-9-14-17-10-5-3-6-11-17;/h3-8,10-13H,15-16H2,1-2H3;1H/q+1;/p-1. The van der Waals surface area contributed by atoms with E-state index >= 15 is 0 Å². The fraction of sp³-hybridized carbons (Fsp3) is 0.222. The predicted octanol–water partition coefficient (Wildman–Crippen LogP) is 0.319. The van der Waals surface area contributed by atoms with Crippen LogP contribution >= 0.6 is 0 Å². The van der Waals surface area contributed by atoms with Gasteiger partial charge in [-0.1, -0.05) is 54.5 Å². The minimum Gasteiger partial charge on any atom is -1.00 e. The lowest BCUT2D eigenvalue weighted by molar-refractivity contribution is -0.896. The largest absolute Gasteiger partial charge is 1.00 e. The van der Waals surface area contributed by atoms with Gasteiger partial charge in [0.05, 0.1) is 14.1 Å². The maximum atomic E-state index is 3.28. The van der Waals surface area contributed by atoms with Crippen molar-refractivity contribution in [3.05, 3.63) is 71.8 Å². The second-order valence-electron chi connectivity index (χ2n) is 5.41. The maximum absolute atomic E-state index is 3.28. The summed E-state index contributed by atoms with van der Waals surface area (Å²) in [7, 11) is 4.43. The van der Waals surface area contributed by atoms with Crippen LogP contribution < -0.4 is 12.4 Å². The van der Waals surface area contributed by atoms with Gasteiger partial charge in [0.1, 0.15) is 13.1 Å². The van der Waals surface area contributed by atoms with Gasteiger partial charge in [-0.3, -0.25) is 0 Å². The van der Waals surface area contributed by atoms with Gasteiger partial charge in [0, 0.05) is 11.1 Å². The Morgan fingerprint density at radius 3 is 2.00 bits per heavy atom. The highest BCUT2D eigenvalue weighted by atomic mass is 35.5. The molecule has 0 saturated heterocycles. The Labute approximate surface area is 128 Å². The lowest BCUT2D eigenvalue weighted by Crippen LogP contribution is -3.00. The number of nitrogens with zero attached hydrogens (tertiary/aromatic N) is 1. The van der Waals surface area contributed by atoms with Crippen LogP contribution in [0.4, 0.5) is 0 Å². The molecule has 20 heavy (non-hydrogen) atoms. The first-order valence-corrected chi connectivity index (χ1v) is 6.56. The topological polar surface area (TPSA) is 0 Å². The number of hydrogen-bond acceptors (Lipinski definition) is 0. The summed E-state index contributed by atoms with van der Waals surface area (Å²) in [6.45, 7) is 1.86. The molecule has 0 unspecified atom stereocenters. The van der Waals surface area contributed by atoms with Crippen molar-refractivity contribution in [2.24, 2.45) is 0 Å². The molecule has 0 fully saturated rings. The molecule has 0 aliphatic rings. The Kier molecular flexibility index (Phi) is 6.31. The normalized spacial score (nSPS) is 10.1. The smallest absolute Gasteiger partial charge is 0.141 e. The van der Waals surface area contributed by atoms with Crippen molar-refractivity contribution < 1.29 is 16.9 Å². The molecule has 2 aromatic rings. The van der Waals surface area contributed by atoms with E-state index in [1.807, 2.05) is 30.3 Å². The quantitative estimate of drug-likeness (QED) is 0.563. The number of quaternary nitrogens is 1. The van der Waals surface area contributed by atoms with Gasteiger partial charge in [-0.05, 0) is 18.1 Å². The van der Waals surface area contributed by atoms with Crippen LogP contribution in [0.3, 0.4) is 0 Å². The van der Waals surface area contributed by atoms with E-state index in [0.29, 0.717) is 0 Å². The summed E-state index contributed by atoms with van der Waals surface area (Å²) >= 11 is 0. The third kappa shape index (κ3) is 5.48. The van der Waals surface area contributed by atoms with E-state index < -0.39 is 0 Å². The van der Waals surface area contributed by atoms with Crippen molar-refractivity contribution >= 4 is 0 Å². The van der Waals surface area contributed by atoms with E-state index in [4.69, 9.17) is 0 Å². The van der Waals surface area contributed by atoms with Gasteiger partial charge < -0.3 is 16.9 Å². The predicted molar refractivity (Wildman–Crippen MR) is 80.4 cm³/mol. The first-order chi connectivity index (χ1) is 9.16. The first-order valence-electron chi connectivity index (χ1n) is 6.56. The number of benzene rings is 2. The molecule has 2 aromatic carbocycles. The van der Waals surface area contributed by atoms with Gasteiger partial charge in [-0.15, -0.1) is 0 Å². The van der Waals surface area contributed by atoms with E-state index in [1.54, 1.807) is 0 Å². The monoisotopic (exact) mass is 285 g/mol. The second kappa shape index (κ2) is 7.75.